The van der Waals surface area contributed by atoms with E-state index in [4.69, 9.17) is 21.6 Å². The molecule has 0 N–H and O–H groups in total. The Morgan fingerprint density at radius 2 is 2.11 bits per heavy atom. The summed E-state index contributed by atoms with van der Waals surface area (Å²) in [7, 11) is 0. The van der Waals surface area contributed by atoms with E-state index in [1.807, 2.05) is 19.1 Å². The predicted octanol–water partition coefficient (Wildman–Crippen LogP) is 4.47. The van der Waals surface area contributed by atoms with Gasteiger partial charge in [-0.15, -0.1) is 0 Å². The van der Waals surface area contributed by atoms with E-state index in [9.17, 15) is 0 Å². The number of ether oxygens (including phenoxy) is 1. The fourth-order valence-electron chi connectivity index (χ4n) is 1.36. The Kier molecular flexibility index (Phi) is 3.85. The molecular weight excluding hydrogens is 316 g/mol. The minimum atomic E-state index is 0.265. The summed E-state index contributed by atoms with van der Waals surface area (Å²) in [5, 5.41) is 9.45. The zero-order valence-electron chi connectivity index (χ0n) is 9.45. The summed E-state index contributed by atoms with van der Waals surface area (Å²) < 4.78 is 6.44. The third-order valence-corrected chi connectivity index (χ3v) is 3.01. The van der Waals surface area contributed by atoms with Gasteiger partial charge in [0.2, 0.25) is 5.88 Å². The quantitative estimate of drug-likeness (QED) is 0.819. The average Bonchev–Trinajstić information content (AvgIpc) is 2.33. The summed E-state index contributed by atoms with van der Waals surface area (Å²) in [5.41, 5.74) is 1.15. The number of hydrogen-bond acceptors (Lipinski definition) is 3. The van der Waals surface area contributed by atoms with Crippen LogP contribution in [0.3, 0.4) is 0 Å². The van der Waals surface area contributed by atoms with Gasteiger partial charge in [0.05, 0.1) is 5.02 Å². The number of aromatic nitrogens is 1. The summed E-state index contributed by atoms with van der Waals surface area (Å²) >= 11 is 9.36. The Bertz CT molecular complexity index is 637. The SMILES string of the molecule is Cc1ccc(C#N)c(Oc2ccc(Br)cc2Cl)n1. The number of pyridine rings is 1. The maximum Gasteiger partial charge on any atom is 0.237 e. The highest BCUT2D eigenvalue weighted by molar-refractivity contribution is 9.10. The van der Waals surface area contributed by atoms with Crippen molar-refractivity contribution in [2.45, 2.75) is 6.92 Å². The Morgan fingerprint density at radius 3 is 2.78 bits per heavy atom. The van der Waals surface area contributed by atoms with Gasteiger partial charge in [-0.05, 0) is 37.3 Å². The molecule has 0 spiro atoms. The standard InChI is InChI=1S/C13H8BrClN2O/c1-8-2-3-9(7-16)13(17-8)18-12-5-4-10(14)6-11(12)15/h2-6H,1H3. The second kappa shape index (κ2) is 5.38. The van der Waals surface area contributed by atoms with Crippen LogP contribution in [0.1, 0.15) is 11.3 Å². The van der Waals surface area contributed by atoms with E-state index < -0.39 is 0 Å². The van der Waals surface area contributed by atoms with Crippen molar-refractivity contribution in [1.82, 2.24) is 4.98 Å². The maximum absolute atomic E-state index is 8.99. The summed E-state index contributed by atoms with van der Waals surface area (Å²) in [6, 6.07) is 10.7. The molecule has 1 aromatic carbocycles. The summed E-state index contributed by atoms with van der Waals surface area (Å²) in [6.07, 6.45) is 0. The molecule has 1 heterocycles. The molecule has 0 aliphatic carbocycles. The minimum Gasteiger partial charge on any atom is -0.436 e. The van der Waals surface area contributed by atoms with Crippen LogP contribution in [0, 0.1) is 18.3 Å². The summed E-state index contributed by atoms with van der Waals surface area (Å²) in [6.45, 7) is 1.83. The lowest BCUT2D eigenvalue weighted by Gasteiger charge is -2.08. The van der Waals surface area contributed by atoms with Crippen LogP contribution in [0.4, 0.5) is 0 Å². The van der Waals surface area contributed by atoms with Crippen molar-refractivity contribution in [2.75, 3.05) is 0 Å². The Labute approximate surface area is 118 Å². The Hall–Kier alpha value is -1.57. The van der Waals surface area contributed by atoms with Crippen LogP contribution in [0.25, 0.3) is 0 Å². The topological polar surface area (TPSA) is 45.9 Å². The van der Waals surface area contributed by atoms with Crippen LogP contribution in [0.15, 0.2) is 34.8 Å². The molecular formula is C13H8BrClN2O. The van der Waals surface area contributed by atoms with Crippen molar-refractivity contribution in [2.24, 2.45) is 0 Å². The molecule has 2 aromatic rings. The van der Waals surface area contributed by atoms with Gasteiger partial charge in [-0.1, -0.05) is 27.5 Å². The Morgan fingerprint density at radius 1 is 1.33 bits per heavy atom. The van der Waals surface area contributed by atoms with Crippen molar-refractivity contribution >= 4 is 27.5 Å². The molecule has 0 unspecified atom stereocenters. The predicted molar refractivity (Wildman–Crippen MR) is 72.9 cm³/mol. The molecule has 3 nitrogen and oxygen atoms in total. The first kappa shape index (κ1) is 12.9. The first-order chi connectivity index (χ1) is 8.60. The monoisotopic (exact) mass is 322 g/mol. The normalized spacial score (nSPS) is 9.89. The van der Waals surface area contributed by atoms with E-state index in [-0.39, 0.29) is 5.88 Å². The van der Waals surface area contributed by atoms with Crippen molar-refractivity contribution in [1.29, 1.82) is 5.26 Å². The zero-order valence-corrected chi connectivity index (χ0v) is 11.8. The first-order valence-corrected chi connectivity index (χ1v) is 6.28. The third-order valence-electron chi connectivity index (χ3n) is 2.22. The van der Waals surface area contributed by atoms with Gasteiger partial charge in [-0.2, -0.15) is 5.26 Å². The smallest absolute Gasteiger partial charge is 0.237 e. The van der Waals surface area contributed by atoms with Gasteiger partial charge in [0.15, 0.2) is 0 Å². The van der Waals surface area contributed by atoms with Gasteiger partial charge in [-0.25, -0.2) is 4.98 Å². The molecule has 5 heteroatoms. The van der Waals surface area contributed by atoms with Crippen LogP contribution < -0.4 is 4.74 Å². The molecule has 0 amide bonds. The lowest BCUT2D eigenvalue weighted by molar-refractivity contribution is 0.460. The molecule has 0 radical (unpaired) electrons. The third kappa shape index (κ3) is 2.81. The molecule has 0 aliphatic rings. The van der Waals surface area contributed by atoms with E-state index in [1.165, 1.54) is 0 Å². The second-order valence-electron chi connectivity index (χ2n) is 3.59. The number of aryl methyl sites for hydroxylation is 1. The fraction of sp³-hybridized carbons (Fsp3) is 0.0769. The van der Waals surface area contributed by atoms with Gasteiger partial charge in [-0.3, -0.25) is 0 Å². The average molecular weight is 324 g/mol. The highest BCUT2D eigenvalue weighted by Crippen LogP contribution is 2.32. The van der Waals surface area contributed by atoms with Gasteiger partial charge < -0.3 is 4.74 Å². The number of hydrogen-bond donors (Lipinski definition) is 0. The van der Waals surface area contributed by atoms with E-state index >= 15 is 0 Å². The van der Waals surface area contributed by atoms with Gasteiger partial charge in [0.1, 0.15) is 17.4 Å². The number of nitrogens with zero attached hydrogens (tertiary/aromatic N) is 2. The zero-order chi connectivity index (χ0) is 13.1. The largest absolute Gasteiger partial charge is 0.436 e. The molecule has 2 rings (SSSR count). The first-order valence-electron chi connectivity index (χ1n) is 5.11. The molecule has 18 heavy (non-hydrogen) atoms. The van der Waals surface area contributed by atoms with Crippen molar-refractivity contribution < 1.29 is 4.74 Å². The van der Waals surface area contributed by atoms with Crippen LogP contribution >= 0.6 is 27.5 Å². The molecule has 0 saturated carbocycles. The van der Waals surface area contributed by atoms with Crippen LogP contribution in [-0.2, 0) is 0 Å². The second-order valence-corrected chi connectivity index (χ2v) is 4.92. The van der Waals surface area contributed by atoms with Crippen molar-refractivity contribution in [3.05, 3.63) is 51.1 Å². The molecule has 1 aromatic heterocycles. The molecule has 90 valence electrons. The number of nitriles is 1. The van der Waals surface area contributed by atoms with Crippen molar-refractivity contribution in [3.8, 4) is 17.7 Å². The minimum absolute atomic E-state index is 0.265. The summed E-state index contributed by atoms with van der Waals surface area (Å²) in [5.74, 6) is 0.733. The molecule has 0 bridgehead atoms. The molecule has 0 aliphatic heterocycles. The number of benzene rings is 1. The molecule has 0 atom stereocenters. The van der Waals surface area contributed by atoms with Crippen molar-refractivity contribution in [3.63, 3.8) is 0 Å². The summed E-state index contributed by atoms with van der Waals surface area (Å²) in [4.78, 5) is 4.19. The van der Waals surface area contributed by atoms with Gasteiger partial charge in [0.25, 0.3) is 0 Å². The fourth-order valence-corrected chi connectivity index (χ4v) is 2.07. The lowest BCUT2D eigenvalue weighted by atomic mass is 10.2. The van der Waals surface area contributed by atoms with Crippen LogP contribution in [-0.4, -0.2) is 4.98 Å². The highest BCUT2D eigenvalue weighted by atomic mass is 79.9. The molecule has 0 saturated heterocycles. The van der Waals surface area contributed by atoms with E-state index in [1.54, 1.807) is 24.3 Å². The van der Waals surface area contributed by atoms with Gasteiger partial charge >= 0.3 is 0 Å². The maximum atomic E-state index is 8.99. The lowest BCUT2D eigenvalue weighted by Crippen LogP contribution is -1.94. The Balaban J connectivity index is 2.40. The molecule has 0 fully saturated rings. The highest BCUT2D eigenvalue weighted by Gasteiger charge is 2.09. The number of halogens is 2. The van der Waals surface area contributed by atoms with Crippen LogP contribution in [0.2, 0.25) is 5.02 Å². The van der Waals surface area contributed by atoms with E-state index in [0.29, 0.717) is 16.3 Å². The van der Waals surface area contributed by atoms with E-state index in [0.717, 1.165) is 10.2 Å². The van der Waals surface area contributed by atoms with E-state index in [2.05, 4.69) is 20.9 Å². The number of rotatable bonds is 2. The van der Waals surface area contributed by atoms with Crippen LogP contribution in [0.5, 0.6) is 11.6 Å². The van der Waals surface area contributed by atoms with Gasteiger partial charge in [0, 0.05) is 10.2 Å².